The Morgan fingerprint density at radius 1 is 1.03 bits per heavy atom. The molecule has 2 aliphatic carbocycles. The van der Waals surface area contributed by atoms with Gasteiger partial charge in [-0.15, -0.1) is 11.3 Å². The molecular formula is C20H19F3N2O4S. The van der Waals surface area contributed by atoms with E-state index in [2.05, 4.69) is 10.1 Å². The van der Waals surface area contributed by atoms with Gasteiger partial charge >= 0.3 is 12.1 Å². The van der Waals surface area contributed by atoms with Crippen LogP contribution in [0.4, 0.5) is 13.2 Å². The second-order valence-corrected chi connectivity index (χ2v) is 8.69. The second-order valence-electron chi connectivity index (χ2n) is 7.50. The third-order valence-corrected chi connectivity index (χ3v) is 6.81. The normalized spacial score (nSPS) is 17.2. The third-order valence-electron chi connectivity index (χ3n) is 5.52. The summed E-state index contributed by atoms with van der Waals surface area (Å²) >= 11 is 1.38. The summed E-state index contributed by atoms with van der Waals surface area (Å²) in [5.74, 6) is -2.98. The number of carboxylic acids is 1. The molecule has 0 aliphatic heterocycles. The number of aromatic nitrogens is 2. The highest BCUT2D eigenvalue weighted by Gasteiger charge is 2.38. The lowest BCUT2D eigenvalue weighted by Crippen LogP contribution is -2.10. The van der Waals surface area contributed by atoms with Crippen LogP contribution in [0.5, 0.6) is 0 Å². The van der Waals surface area contributed by atoms with E-state index in [1.165, 1.54) is 11.3 Å². The lowest BCUT2D eigenvalue weighted by atomic mass is 9.99. The van der Waals surface area contributed by atoms with Crippen molar-refractivity contribution in [2.75, 3.05) is 0 Å². The van der Waals surface area contributed by atoms with Gasteiger partial charge in [-0.05, 0) is 50.5 Å². The molecule has 2 heterocycles. The van der Waals surface area contributed by atoms with Gasteiger partial charge < -0.3 is 9.63 Å². The maximum Gasteiger partial charge on any atom is 0.455 e. The SMILES string of the molecule is O=C(O)C1=C(C(=O)Cc2sc3c(c2-c2nc(C(F)(F)F)no2)CCCCC3)CCC1. The number of halogens is 3. The minimum Gasteiger partial charge on any atom is -0.478 e. The van der Waals surface area contributed by atoms with Crippen molar-refractivity contribution in [1.29, 1.82) is 0 Å². The predicted octanol–water partition coefficient (Wildman–Crippen LogP) is 4.76. The van der Waals surface area contributed by atoms with Crippen molar-refractivity contribution in [2.45, 2.75) is 64.0 Å². The van der Waals surface area contributed by atoms with Gasteiger partial charge in [-0.25, -0.2) is 4.79 Å². The van der Waals surface area contributed by atoms with E-state index in [4.69, 9.17) is 4.52 Å². The number of carboxylic acid groups (broad SMARTS) is 1. The second kappa shape index (κ2) is 7.98. The molecule has 0 amide bonds. The van der Waals surface area contributed by atoms with Crippen LogP contribution in [0.3, 0.4) is 0 Å². The van der Waals surface area contributed by atoms with Gasteiger partial charge in [-0.3, -0.25) is 4.79 Å². The Hall–Kier alpha value is -2.49. The van der Waals surface area contributed by atoms with Crippen molar-refractivity contribution in [2.24, 2.45) is 0 Å². The summed E-state index contributed by atoms with van der Waals surface area (Å²) in [5, 5.41) is 12.4. The van der Waals surface area contributed by atoms with Crippen LogP contribution >= 0.6 is 11.3 Å². The van der Waals surface area contributed by atoms with Crippen LogP contribution in [0, 0.1) is 0 Å². The molecule has 0 atom stereocenters. The number of thiophene rings is 1. The summed E-state index contributed by atoms with van der Waals surface area (Å²) in [6.07, 6.45) is 0.870. The van der Waals surface area contributed by atoms with Crippen molar-refractivity contribution >= 4 is 23.1 Å². The van der Waals surface area contributed by atoms with E-state index in [0.29, 0.717) is 41.7 Å². The van der Waals surface area contributed by atoms with Gasteiger partial charge in [0.15, 0.2) is 5.78 Å². The molecule has 2 aromatic rings. The first-order chi connectivity index (χ1) is 14.3. The van der Waals surface area contributed by atoms with E-state index < -0.39 is 18.0 Å². The van der Waals surface area contributed by atoms with Gasteiger partial charge in [0.2, 0.25) is 0 Å². The van der Waals surface area contributed by atoms with Crippen LogP contribution in [-0.4, -0.2) is 27.0 Å². The molecule has 6 nitrogen and oxygen atoms in total. The molecule has 0 saturated heterocycles. The van der Waals surface area contributed by atoms with Crippen LogP contribution < -0.4 is 0 Å². The minimum atomic E-state index is -4.73. The molecule has 0 bridgehead atoms. The fraction of sp³-hybridized carbons (Fsp3) is 0.500. The van der Waals surface area contributed by atoms with Gasteiger partial charge in [-0.1, -0.05) is 11.6 Å². The Balaban J connectivity index is 1.75. The van der Waals surface area contributed by atoms with Gasteiger partial charge in [0.25, 0.3) is 11.7 Å². The zero-order valence-electron chi connectivity index (χ0n) is 16.0. The first-order valence-corrected chi connectivity index (χ1v) is 10.6. The molecule has 2 aliphatic rings. The quantitative estimate of drug-likeness (QED) is 0.674. The van der Waals surface area contributed by atoms with Gasteiger partial charge in [0, 0.05) is 27.3 Å². The largest absolute Gasteiger partial charge is 0.478 e. The zero-order chi connectivity index (χ0) is 21.5. The number of alkyl halides is 3. The summed E-state index contributed by atoms with van der Waals surface area (Å²) < 4.78 is 43.9. The van der Waals surface area contributed by atoms with Crippen LogP contribution in [0.1, 0.15) is 59.7 Å². The number of carbonyl (C=O) groups excluding carboxylic acids is 1. The molecule has 0 aromatic carbocycles. The topological polar surface area (TPSA) is 93.3 Å². The summed E-state index contributed by atoms with van der Waals surface area (Å²) in [5.41, 5.74) is 1.73. The van der Waals surface area contributed by atoms with Crippen molar-refractivity contribution in [3.05, 3.63) is 32.3 Å². The van der Waals surface area contributed by atoms with E-state index in [0.717, 1.165) is 36.1 Å². The highest BCUT2D eigenvalue weighted by molar-refractivity contribution is 7.12. The third kappa shape index (κ3) is 3.92. The lowest BCUT2D eigenvalue weighted by Gasteiger charge is -2.05. The molecule has 30 heavy (non-hydrogen) atoms. The highest BCUT2D eigenvalue weighted by atomic mass is 32.1. The fourth-order valence-electron chi connectivity index (χ4n) is 4.15. The van der Waals surface area contributed by atoms with E-state index in [1.807, 2.05) is 0 Å². The fourth-order valence-corrected chi connectivity index (χ4v) is 5.54. The standard InChI is InChI=1S/C20H19F3N2O4S/c21-20(22,23)19-24-17(29-25-19)16-12-5-2-1-3-8-14(12)30-15(16)9-13(26)10-6-4-7-11(10)18(27)28/h1-9H2,(H,27,28). The van der Waals surface area contributed by atoms with E-state index >= 15 is 0 Å². The molecule has 0 fully saturated rings. The van der Waals surface area contributed by atoms with Crippen molar-refractivity contribution in [3.63, 3.8) is 0 Å². The summed E-state index contributed by atoms with van der Waals surface area (Å²) in [7, 11) is 0. The number of allylic oxidation sites excluding steroid dienone is 1. The Morgan fingerprint density at radius 2 is 1.77 bits per heavy atom. The number of Topliss-reactive ketones (excluding diaryl/α,β-unsaturated/α-hetero) is 1. The number of carbonyl (C=O) groups is 2. The van der Waals surface area contributed by atoms with Crippen molar-refractivity contribution in [3.8, 4) is 11.5 Å². The average Bonchev–Trinajstić information content (AvgIpc) is 3.37. The van der Waals surface area contributed by atoms with Crippen LogP contribution in [0.15, 0.2) is 15.7 Å². The van der Waals surface area contributed by atoms with Crippen LogP contribution in [0.2, 0.25) is 0 Å². The maximum absolute atomic E-state index is 13.0. The minimum absolute atomic E-state index is 0.0805. The van der Waals surface area contributed by atoms with Crippen molar-refractivity contribution < 1.29 is 32.4 Å². The Morgan fingerprint density at radius 3 is 2.47 bits per heavy atom. The van der Waals surface area contributed by atoms with E-state index in [-0.39, 0.29) is 23.7 Å². The summed E-state index contributed by atoms with van der Waals surface area (Å²) in [6, 6.07) is 0. The molecule has 0 radical (unpaired) electrons. The van der Waals surface area contributed by atoms with Crippen LogP contribution in [0.25, 0.3) is 11.5 Å². The molecule has 2 aromatic heterocycles. The number of fused-ring (bicyclic) bond motifs is 1. The lowest BCUT2D eigenvalue weighted by molar-refractivity contribution is -0.146. The Kier molecular flexibility index (Phi) is 5.52. The smallest absolute Gasteiger partial charge is 0.455 e. The van der Waals surface area contributed by atoms with E-state index in [1.54, 1.807) is 0 Å². The number of aliphatic carboxylic acids is 1. The first kappa shape index (κ1) is 20.8. The number of hydrogen-bond acceptors (Lipinski definition) is 6. The molecule has 0 saturated carbocycles. The number of hydrogen-bond donors (Lipinski definition) is 1. The number of ketones is 1. The average molecular weight is 440 g/mol. The molecule has 10 heteroatoms. The van der Waals surface area contributed by atoms with Gasteiger partial charge in [0.05, 0.1) is 5.56 Å². The first-order valence-electron chi connectivity index (χ1n) is 9.79. The summed E-state index contributed by atoms with van der Waals surface area (Å²) in [6.45, 7) is 0. The predicted molar refractivity (Wildman–Crippen MR) is 101 cm³/mol. The molecule has 4 rings (SSSR count). The number of nitrogens with zero attached hydrogens (tertiary/aromatic N) is 2. The zero-order valence-corrected chi connectivity index (χ0v) is 16.8. The molecule has 160 valence electrons. The van der Waals surface area contributed by atoms with Gasteiger partial charge in [-0.2, -0.15) is 18.2 Å². The maximum atomic E-state index is 13.0. The summed E-state index contributed by atoms with van der Waals surface area (Å²) in [4.78, 5) is 29.4. The monoisotopic (exact) mass is 440 g/mol. The highest BCUT2D eigenvalue weighted by Crippen LogP contribution is 2.41. The number of aryl methyl sites for hydroxylation is 1. The molecule has 1 N–H and O–H groups in total. The van der Waals surface area contributed by atoms with Crippen LogP contribution in [-0.2, 0) is 35.0 Å². The molecule has 0 spiro atoms. The van der Waals surface area contributed by atoms with Crippen molar-refractivity contribution in [1.82, 2.24) is 10.1 Å². The molecular weight excluding hydrogens is 421 g/mol. The van der Waals surface area contributed by atoms with Gasteiger partial charge in [0.1, 0.15) is 0 Å². The van der Waals surface area contributed by atoms with E-state index in [9.17, 15) is 27.9 Å². The number of rotatable bonds is 5. The Bertz CT molecular complexity index is 1040. The molecule has 0 unspecified atom stereocenters. The Labute approximate surface area is 173 Å².